The molecule has 1 aromatic heterocycles. The number of nitrogens with one attached hydrogen (secondary N) is 1. The Labute approximate surface area is 152 Å². The molecule has 5 heteroatoms. The summed E-state index contributed by atoms with van der Waals surface area (Å²) in [5.74, 6) is 2.47. The third-order valence-corrected chi connectivity index (χ3v) is 5.85. The summed E-state index contributed by atoms with van der Waals surface area (Å²) in [5.41, 5.74) is 0. The number of nitrogens with zero attached hydrogens (tertiary/aromatic N) is 3. The van der Waals surface area contributed by atoms with Crippen molar-refractivity contribution in [3.05, 3.63) is 22.4 Å². The largest absolute Gasteiger partial charge is 0.356 e. The molecule has 1 aliphatic heterocycles. The van der Waals surface area contributed by atoms with E-state index in [1.54, 1.807) is 0 Å². The zero-order chi connectivity index (χ0) is 17.4. The summed E-state index contributed by atoms with van der Waals surface area (Å²) in [6.45, 7) is 13.6. The van der Waals surface area contributed by atoms with Crippen LogP contribution in [-0.2, 0) is 6.42 Å². The summed E-state index contributed by atoms with van der Waals surface area (Å²) in [6, 6.07) is 4.37. The van der Waals surface area contributed by atoms with E-state index in [0.717, 1.165) is 51.0 Å². The Balaban J connectivity index is 1.75. The lowest BCUT2D eigenvalue weighted by Gasteiger charge is -2.25. The van der Waals surface area contributed by atoms with Crippen molar-refractivity contribution in [2.24, 2.45) is 16.8 Å². The molecule has 1 N–H and O–H groups in total. The molecule has 4 nitrogen and oxygen atoms in total. The Morgan fingerprint density at radius 2 is 2.25 bits per heavy atom. The fourth-order valence-electron chi connectivity index (χ4n) is 3.46. The minimum atomic E-state index is 0.620. The summed E-state index contributed by atoms with van der Waals surface area (Å²) in [7, 11) is 1.91. The molecule has 1 fully saturated rings. The van der Waals surface area contributed by atoms with Crippen LogP contribution in [0.5, 0.6) is 0 Å². The molecule has 24 heavy (non-hydrogen) atoms. The molecule has 2 heterocycles. The Hall–Kier alpha value is -1.07. The number of rotatable bonds is 8. The van der Waals surface area contributed by atoms with Gasteiger partial charge < -0.3 is 15.1 Å². The number of likely N-dealkylation sites (tertiary alicyclic amines) is 1. The van der Waals surface area contributed by atoms with Gasteiger partial charge in [-0.25, -0.2) is 0 Å². The van der Waals surface area contributed by atoms with Crippen LogP contribution in [0, 0.1) is 11.8 Å². The summed E-state index contributed by atoms with van der Waals surface area (Å²) >= 11 is 1.85. The van der Waals surface area contributed by atoms with Crippen molar-refractivity contribution in [1.82, 2.24) is 15.1 Å². The quantitative estimate of drug-likeness (QED) is 0.577. The molecule has 2 atom stereocenters. The van der Waals surface area contributed by atoms with Gasteiger partial charge in [0, 0.05) is 38.1 Å². The second-order valence-corrected chi connectivity index (χ2v) is 7.94. The molecule has 0 radical (unpaired) electrons. The molecule has 0 spiro atoms. The molecular formula is C19H34N4S. The predicted molar refractivity (Wildman–Crippen MR) is 106 cm³/mol. The van der Waals surface area contributed by atoms with Crippen LogP contribution in [0.3, 0.4) is 0 Å². The minimum Gasteiger partial charge on any atom is -0.356 e. The van der Waals surface area contributed by atoms with Gasteiger partial charge in [0.2, 0.25) is 0 Å². The van der Waals surface area contributed by atoms with E-state index < -0.39 is 0 Å². The van der Waals surface area contributed by atoms with E-state index >= 15 is 0 Å². The molecule has 1 aromatic rings. The second kappa shape index (κ2) is 10.0. The zero-order valence-corrected chi connectivity index (χ0v) is 16.6. The first kappa shape index (κ1) is 19.3. The molecule has 0 aromatic carbocycles. The van der Waals surface area contributed by atoms with Crippen LogP contribution in [0.15, 0.2) is 22.5 Å². The number of hydrogen-bond acceptors (Lipinski definition) is 3. The molecule has 1 saturated heterocycles. The lowest BCUT2D eigenvalue weighted by Crippen LogP contribution is -2.42. The zero-order valence-electron chi connectivity index (χ0n) is 15.8. The van der Waals surface area contributed by atoms with E-state index in [1.807, 2.05) is 18.4 Å². The van der Waals surface area contributed by atoms with Crippen molar-refractivity contribution in [2.75, 3.05) is 46.3 Å². The van der Waals surface area contributed by atoms with E-state index in [4.69, 9.17) is 0 Å². The van der Waals surface area contributed by atoms with Crippen LogP contribution >= 0.6 is 11.3 Å². The summed E-state index contributed by atoms with van der Waals surface area (Å²) in [6.07, 6.45) is 2.42. The highest BCUT2D eigenvalue weighted by molar-refractivity contribution is 7.09. The summed E-state index contributed by atoms with van der Waals surface area (Å²) in [4.78, 5) is 11.0. The molecule has 136 valence electrons. The van der Waals surface area contributed by atoms with Gasteiger partial charge in [-0.2, -0.15) is 0 Å². The SMILES string of the molecule is CCN(CC)CC1CCN(C(=NC)NCC(C)Cc2cccs2)C1. The van der Waals surface area contributed by atoms with Gasteiger partial charge >= 0.3 is 0 Å². The van der Waals surface area contributed by atoms with Crippen molar-refractivity contribution in [2.45, 2.75) is 33.6 Å². The third-order valence-electron chi connectivity index (χ3n) is 4.95. The predicted octanol–water partition coefficient (Wildman–Crippen LogP) is 3.17. The van der Waals surface area contributed by atoms with Crippen LogP contribution in [0.4, 0.5) is 0 Å². The van der Waals surface area contributed by atoms with E-state index in [-0.39, 0.29) is 0 Å². The molecule has 0 aliphatic carbocycles. The standard InChI is InChI=1S/C19H34N4S/c1-5-22(6-2)14-17-9-10-23(15-17)19(20-4)21-13-16(3)12-18-8-7-11-24-18/h7-8,11,16-17H,5-6,9-10,12-15H2,1-4H3,(H,20,21). The van der Waals surface area contributed by atoms with Crippen LogP contribution in [0.25, 0.3) is 0 Å². The van der Waals surface area contributed by atoms with Crippen molar-refractivity contribution < 1.29 is 0 Å². The summed E-state index contributed by atoms with van der Waals surface area (Å²) in [5, 5.41) is 5.75. The molecule has 0 bridgehead atoms. The van der Waals surface area contributed by atoms with Gasteiger partial charge in [0.15, 0.2) is 5.96 Å². The monoisotopic (exact) mass is 350 g/mol. The highest BCUT2D eigenvalue weighted by Gasteiger charge is 2.26. The Bertz CT molecular complexity index is 482. The number of thiophene rings is 1. The van der Waals surface area contributed by atoms with Gasteiger partial charge in [0.25, 0.3) is 0 Å². The molecule has 0 amide bonds. The number of hydrogen-bond donors (Lipinski definition) is 1. The van der Waals surface area contributed by atoms with Gasteiger partial charge in [-0.05, 0) is 49.2 Å². The van der Waals surface area contributed by atoms with Crippen molar-refractivity contribution >= 4 is 17.3 Å². The van der Waals surface area contributed by atoms with Crippen LogP contribution in [0.2, 0.25) is 0 Å². The number of aliphatic imine (C=N–C) groups is 1. The van der Waals surface area contributed by atoms with E-state index in [2.05, 4.69) is 58.4 Å². The second-order valence-electron chi connectivity index (χ2n) is 6.90. The fourth-order valence-corrected chi connectivity index (χ4v) is 4.33. The maximum atomic E-state index is 4.51. The van der Waals surface area contributed by atoms with E-state index in [1.165, 1.54) is 17.8 Å². The Morgan fingerprint density at radius 3 is 2.88 bits per heavy atom. The highest BCUT2D eigenvalue weighted by atomic mass is 32.1. The third kappa shape index (κ3) is 5.78. The Morgan fingerprint density at radius 1 is 1.46 bits per heavy atom. The van der Waals surface area contributed by atoms with Gasteiger partial charge in [-0.15, -0.1) is 11.3 Å². The first-order valence-electron chi connectivity index (χ1n) is 9.36. The summed E-state index contributed by atoms with van der Waals surface area (Å²) < 4.78 is 0. The molecule has 0 saturated carbocycles. The van der Waals surface area contributed by atoms with Gasteiger partial charge in [-0.1, -0.05) is 26.8 Å². The van der Waals surface area contributed by atoms with Crippen molar-refractivity contribution in [3.63, 3.8) is 0 Å². The molecular weight excluding hydrogens is 316 g/mol. The Kier molecular flexibility index (Phi) is 8.06. The average molecular weight is 351 g/mol. The van der Waals surface area contributed by atoms with Crippen LogP contribution in [0.1, 0.15) is 32.1 Å². The molecule has 1 aliphatic rings. The maximum absolute atomic E-state index is 4.51. The van der Waals surface area contributed by atoms with Crippen molar-refractivity contribution in [3.8, 4) is 0 Å². The van der Waals surface area contributed by atoms with Gasteiger partial charge in [0.1, 0.15) is 0 Å². The van der Waals surface area contributed by atoms with E-state index in [9.17, 15) is 0 Å². The van der Waals surface area contributed by atoms with Gasteiger partial charge in [0.05, 0.1) is 0 Å². The molecule has 2 rings (SSSR count). The van der Waals surface area contributed by atoms with Crippen LogP contribution < -0.4 is 5.32 Å². The van der Waals surface area contributed by atoms with E-state index in [0.29, 0.717) is 5.92 Å². The number of guanidine groups is 1. The van der Waals surface area contributed by atoms with Crippen LogP contribution in [-0.4, -0.2) is 62.1 Å². The highest BCUT2D eigenvalue weighted by Crippen LogP contribution is 2.18. The lowest BCUT2D eigenvalue weighted by atomic mass is 10.1. The first-order chi connectivity index (χ1) is 11.7. The fraction of sp³-hybridized carbons (Fsp3) is 0.737. The minimum absolute atomic E-state index is 0.620. The lowest BCUT2D eigenvalue weighted by molar-refractivity contribution is 0.255. The van der Waals surface area contributed by atoms with Gasteiger partial charge in [-0.3, -0.25) is 4.99 Å². The first-order valence-corrected chi connectivity index (χ1v) is 10.2. The smallest absolute Gasteiger partial charge is 0.193 e. The topological polar surface area (TPSA) is 30.9 Å². The maximum Gasteiger partial charge on any atom is 0.193 e. The normalized spacial score (nSPS) is 20.0. The molecule has 2 unspecified atom stereocenters. The average Bonchev–Trinajstić information content (AvgIpc) is 3.25. The van der Waals surface area contributed by atoms with Crippen molar-refractivity contribution in [1.29, 1.82) is 0 Å².